The largest absolute Gasteiger partial charge is 0.0776 e. The summed E-state index contributed by atoms with van der Waals surface area (Å²) in [7, 11) is 0. The van der Waals surface area contributed by atoms with E-state index in [4.69, 9.17) is 0 Å². The Morgan fingerprint density at radius 1 is 0.250 bits per heavy atom. The fourth-order valence-electron chi connectivity index (χ4n) is 0. The van der Waals surface area contributed by atoms with Gasteiger partial charge >= 0.3 is 0 Å². The highest BCUT2D eigenvalue weighted by atomic mass is 12.0. The molecular formula is C7H28B. The average Bonchev–Trinajstić information content (AvgIpc) is 0. The molecule has 3 radical (unpaired) electrons. The van der Waals surface area contributed by atoms with Crippen LogP contribution in [0.3, 0.4) is 0 Å². The Bertz CT molecular complexity index is 4.35. The fourth-order valence-corrected chi connectivity index (χ4v) is 0. The molecule has 0 aromatic rings. The van der Waals surface area contributed by atoms with E-state index >= 15 is 0 Å². The summed E-state index contributed by atoms with van der Waals surface area (Å²) in [5, 5.41) is 0. The van der Waals surface area contributed by atoms with Gasteiger partial charge in [0.25, 0.3) is 0 Å². The summed E-state index contributed by atoms with van der Waals surface area (Å²) in [6.07, 6.45) is 0. The van der Waals surface area contributed by atoms with Gasteiger partial charge in [0.15, 0.2) is 0 Å². The summed E-state index contributed by atoms with van der Waals surface area (Å²) >= 11 is 0. The van der Waals surface area contributed by atoms with Crippen molar-refractivity contribution >= 4 is 8.41 Å². The molecule has 0 spiro atoms. The molecule has 0 atom stereocenters. The van der Waals surface area contributed by atoms with Crippen LogP contribution < -0.4 is 0 Å². The predicted molar refractivity (Wildman–Crippen MR) is 52.9 cm³/mol. The van der Waals surface area contributed by atoms with Gasteiger partial charge in [-0.2, -0.15) is 0 Å². The lowest BCUT2D eigenvalue weighted by molar-refractivity contribution is 2.50. The quantitative estimate of drug-likeness (QED) is 0.426. The number of rotatable bonds is 0. The summed E-state index contributed by atoms with van der Waals surface area (Å²) in [6.45, 7) is 0. The molecule has 59 valence electrons. The average molecular weight is 123 g/mol. The maximum Gasteiger partial charge on any atom is 0 e. The van der Waals surface area contributed by atoms with Crippen molar-refractivity contribution in [1.82, 2.24) is 0 Å². The van der Waals surface area contributed by atoms with Gasteiger partial charge in [0.2, 0.25) is 0 Å². The van der Waals surface area contributed by atoms with Crippen molar-refractivity contribution in [2.24, 2.45) is 0 Å². The fraction of sp³-hybridized carbons (Fsp3) is 1.00. The number of hydrogen-bond acceptors (Lipinski definition) is 0. The molecule has 0 N–H and O–H groups in total. The third-order valence-corrected chi connectivity index (χ3v) is 0. The van der Waals surface area contributed by atoms with Crippen molar-refractivity contribution in [3.8, 4) is 0 Å². The first-order valence-corrected chi connectivity index (χ1v) is 0. The minimum absolute atomic E-state index is 0. The van der Waals surface area contributed by atoms with E-state index in [-0.39, 0.29) is 60.4 Å². The van der Waals surface area contributed by atoms with Crippen molar-refractivity contribution in [3.63, 3.8) is 0 Å². The molecule has 0 saturated heterocycles. The molecule has 0 saturated carbocycles. The Labute approximate surface area is 61.3 Å². The van der Waals surface area contributed by atoms with E-state index in [0.29, 0.717) is 0 Å². The number of hydrogen-bond donors (Lipinski definition) is 0. The van der Waals surface area contributed by atoms with Crippen molar-refractivity contribution in [3.05, 3.63) is 0 Å². The molecule has 0 fully saturated rings. The second-order valence-corrected chi connectivity index (χ2v) is 0. The lowest BCUT2D eigenvalue weighted by Gasteiger charge is -0.0786. The van der Waals surface area contributed by atoms with Crippen LogP contribution in [0.2, 0.25) is 0 Å². The molecule has 1 heteroatoms. The van der Waals surface area contributed by atoms with Crippen LogP contribution in [0, 0.1) is 0 Å². The Hall–Kier alpha value is 0.0649. The van der Waals surface area contributed by atoms with Gasteiger partial charge in [-0.05, 0) is 0 Å². The first-order valence-electron chi connectivity index (χ1n) is 0. The van der Waals surface area contributed by atoms with Crippen molar-refractivity contribution in [2.75, 3.05) is 0 Å². The molecule has 0 aromatic carbocycles. The molecule has 0 nitrogen and oxygen atoms in total. The van der Waals surface area contributed by atoms with Crippen LogP contribution >= 0.6 is 0 Å². The van der Waals surface area contributed by atoms with Gasteiger partial charge in [0.05, 0.1) is 0 Å². The van der Waals surface area contributed by atoms with Crippen LogP contribution in [0.5, 0.6) is 0 Å². The summed E-state index contributed by atoms with van der Waals surface area (Å²) in [4.78, 5) is 0. The second-order valence-electron chi connectivity index (χ2n) is 0. The maximum absolute atomic E-state index is 0. The normalized spacial score (nSPS) is 0. The van der Waals surface area contributed by atoms with Crippen LogP contribution in [-0.4, -0.2) is 8.41 Å². The third-order valence-electron chi connectivity index (χ3n) is 0. The molecule has 8 heavy (non-hydrogen) atoms. The van der Waals surface area contributed by atoms with E-state index in [1.54, 1.807) is 0 Å². The first kappa shape index (κ1) is 95500. The molecule has 0 aliphatic heterocycles. The summed E-state index contributed by atoms with van der Waals surface area (Å²) < 4.78 is 0. The maximum atomic E-state index is 0. The van der Waals surface area contributed by atoms with Crippen LogP contribution in [-0.2, 0) is 0 Å². The van der Waals surface area contributed by atoms with Crippen molar-refractivity contribution in [1.29, 1.82) is 0 Å². The summed E-state index contributed by atoms with van der Waals surface area (Å²) in [5.74, 6) is 0. The van der Waals surface area contributed by atoms with Crippen LogP contribution in [0.25, 0.3) is 0 Å². The minimum Gasteiger partial charge on any atom is -0.0776 e. The zero-order chi connectivity index (χ0) is 0. The smallest absolute Gasteiger partial charge is 0 e. The lowest BCUT2D eigenvalue weighted by atomic mass is 10.8. The van der Waals surface area contributed by atoms with Gasteiger partial charge in [-0.15, -0.1) is 0 Å². The van der Waals surface area contributed by atoms with Gasteiger partial charge in [-0.1, -0.05) is 52.0 Å². The van der Waals surface area contributed by atoms with Crippen molar-refractivity contribution in [2.45, 2.75) is 52.0 Å². The van der Waals surface area contributed by atoms with Crippen LogP contribution in [0.4, 0.5) is 0 Å². The topological polar surface area (TPSA) is 0 Å². The highest BCUT2D eigenvalue weighted by Gasteiger charge is 0.0000977. The molecule has 0 aliphatic rings. The first-order chi connectivity index (χ1) is 0. The van der Waals surface area contributed by atoms with E-state index < -0.39 is 0 Å². The van der Waals surface area contributed by atoms with E-state index in [1.165, 1.54) is 0 Å². The monoisotopic (exact) mass is 123 g/mol. The zero-order valence-electron chi connectivity index (χ0n) is 0.577. The van der Waals surface area contributed by atoms with Gasteiger partial charge in [0.1, 0.15) is 0 Å². The molecule has 0 amide bonds. The Morgan fingerprint density at radius 3 is 0.250 bits per heavy atom. The van der Waals surface area contributed by atoms with Crippen molar-refractivity contribution < 1.29 is 0 Å². The van der Waals surface area contributed by atoms with Gasteiger partial charge in [0, 0.05) is 8.41 Å². The molecular weight excluding hydrogens is 94.9 g/mol. The third kappa shape index (κ3) is 36900. The molecule has 0 bridgehead atoms. The predicted octanol–water partition coefficient (Wildman–Crippen LogP) is 4.07. The molecule has 0 heterocycles. The molecule has 0 aromatic heterocycles. The van der Waals surface area contributed by atoms with Gasteiger partial charge in [-0.25, -0.2) is 0 Å². The van der Waals surface area contributed by atoms with E-state index in [2.05, 4.69) is 0 Å². The summed E-state index contributed by atoms with van der Waals surface area (Å²) in [5.41, 5.74) is 0. The van der Waals surface area contributed by atoms with E-state index in [9.17, 15) is 0 Å². The van der Waals surface area contributed by atoms with Crippen LogP contribution in [0.1, 0.15) is 52.0 Å². The van der Waals surface area contributed by atoms with Gasteiger partial charge in [-0.3, -0.25) is 0 Å². The SMILES string of the molecule is C.C.C.C.C.C.C.[B]. The molecule has 0 rings (SSSR count). The Morgan fingerprint density at radius 2 is 0.250 bits per heavy atom. The standard InChI is InChI=1S/7CH4.B/h7*1H4;. The Kier molecular flexibility index (Phi) is 735000000. The van der Waals surface area contributed by atoms with E-state index in [0.717, 1.165) is 0 Å². The molecule has 0 unspecified atom stereocenters. The minimum atomic E-state index is 0. The van der Waals surface area contributed by atoms with Gasteiger partial charge < -0.3 is 0 Å². The van der Waals surface area contributed by atoms with E-state index in [1.807, 2.05) is 0 Å². The zero-order valence-corrected chi connectivity index (χ0v) is 0.577. The highest BCUT2D eigenvalue weighted by Crippen LogP contribution is 0.150. The molecule has 0 aliphatic carbocycles. The summed E-state index contributed by atoms with van der Waals surface area (Å²) in [6, 6.07) is 0. The lowest BCUT2D eigenvalue weighted by Crippen LogP contribution is -0.381. The second kappa shape index (κ2) is 61600. The highest BCUT2D eigenvalue weighted by molar-refractivity contribution is 5.75. The Balaban J connectivity index is 0. The van der Waals surface area contributed by atoms with Crippen LogP contribution in [0.15, 0.2) is 0 Å².